The van der Waals surface area contributed by atoms with E-state index in [9.17, 15) is 0 Å². The van der Waals surface area contributed by atoms with Crippen LogP contribution in [0, 0.1) is 0 Å². The molecule has 2 saturated carbocycles. The van der Waals surface area contributed by atoms with Crippen LogP contribution in [0.3, 0.4) is 0 Å². The minimum absolute atomic E-state index is 0.266. The molecule has 0 unspecified atom stereocenters. The highest BCUT2D eigenvalue weighted by atomic mass is 16.5. The first-order valence-corrected chi connectivity index (χ1v) is 5.17. The van der Waals surface area contributed by atoms with Crippen LogP contribution < -0.4 is 5.73 Å². The van der Waals surface area contributed by atoms with Gasteiger partial charge in [-0.05, 0) is 32.7 Å². The van der Waals surface area contributed by atoms with E-state index in [1.165, 1.54) is 12.8 Å². The third-order valence-electron chi connectivity index (χ3n) is 3.77. The van der Waals surface area contributed by atoms with E-state index in [-0.39, 0.29) is 5.54 Å². The van der Waals surface area contributed by atoms with Gasteiger partial charge in [0.15, 0.2) is 0 Å². The third-order valence-corrected chi connectivity index (χ3v) is 3.77. The summed E-state index contributed by atoms with van der Waals surface area (Å²) in [6.07, 6.45) is 5.40. The van der Waals surface area contributed by atoms with Crippen LogP contribution in [0.25, 0.3) is 0 Å². The van der Waals surface area contributed by atoms with Gasteiger partial charge >= 0.3 is 0 Å². The molecule has 2 aliphatic carbocycles. The average Bonchev–Trinajstić information content (AvgIpc) is 2.86. The molecule has 0 saturated heterocycles. The van der Waals surface area contributed by atoms with E-state index < -0.39 is 0 Å². The van der Waals surface area contributed by atoms with Gasteiger partial charge in [-0.15, -0.1) is 0 Å². The highest BCUT2D eigenvalue weighted by Crippen LogP contribution is 2.43. The Bertz CT molecular complexity index is 185. The van der Waals surface area contributed by atoms with Crippen molar-refractivity contribution in [3.05, 3.63) is 0 Å². The molecule has 2 aliphatic rings. The monoisotopic (exact) mass is 184 g/mol. The molecule has 13 heavy (non-hydrogen) atoms. The fourth-order valence-corrected chi connectivity index (χ4v) is 2.40. The Morgan fingerprint density at radius 1 is 1.46 bits per heavy atom. The van der Waals surface area contributed by atoms with Gasteiger partial charge in [-0.2, -0.15) is 0 Å². The van der Waals surface area contributed by atoms with Crippen molar-refractivity contribution in [1.29, 1.82) is 0 Å². The summed E-state index contributed by atoms with van der Waals surface area (Å²) in [7, 11) is 4.01. The highest BCUT2D eigenvalue weighted by Gasteiger charge is 2.50. The van der Waals surface area contributed by atoms with Gasteiger partial charge in [0.05, 0.1) is 6.10 Å². The second-order valence-electron chi connectivity index (χ2n) is 4.54. The van der Waals surface area contributed by atoms with Gasteiger partial charge < -0.3 is 10.5 Å². The molecule has 0 bridgehead atoms. The minimum atomic E-state index is 0.266. The van der Waals surface area contributed by atoms with Gasteiger partial charge in [0.25, 0.3) is 0 Å². The van der Waals surface area contributed by atoms with E-state index >= 15 is 0 Å². The Balaban J connectivity index is 1.93. The highest BCUT2D eigenvalue weighted by molar-refractivity contribution is 5.07. The lowest BCUT2D eigenvalue weighted by atomic mass is 9.73. The van der Waals surface area contributed by atoms with Gasteiger partial charge in [-0.3, -0.25) is 4.90 Å². The van der Waals surface area contributed by atoms with Gasteiger partial charge in [0, 0.05) is 25.2 Å². The maximum Gasteiger partial charge on any atom is 0.0607 e. The first-order valence-electron chi connectivity index (χ1n) is 5.17. The molecule has 0 aromatic heterocycles. The summed E-state index contributed by atoms with van der Waals surface area (Å²) in [6, 6.07) is 0.807. The lowest BCUT2D eigenvalue weighted by Gasteiger charge is -2.52. The maximum absolute atomic E-state index is 5.85. The summed E-state index contributed by atoms with van der Waals surface area (Å²) in [6.45, 7) is 0.778. The Hall–Kier alpha value is -0.120. The first kappa shape index (κ1) is 9.44. The molecule has 2 fully saturated rings. The predicted molar refractivity (Wildman–Crippen MR) is 52.6 cm³/mol. The van der Waals surface area contributed by atoms with Crippen LogP contribution in [0.5, 0.6) is 0 Å². The van der Waals surface area contributed by atoms with Crippen molar-refractivity contribution in [2.24, 2.45) is 5.73 Å². The smallest absolute Gasteiger partial charge is 0.0607 e. The van der Waals surface area contributed by atoms with Crippen LogP contribution in [0.2, 0.25) is 0 Å². The second-order valence-corrected chi connectivity index (χ2v) is 4.54. The average molecular weight is 184 g/mol. The number of nitrogens with zero attached hydrogens (tertiary/aromatic N) is 1. The SMILES string of the molecule is COC1CC(CN)(N(C)C2CC2)C1. The molecule has 0 heterocycles. The van der Waals surface area contributed by atoms with Crippen LogP contribution in [-0.4, -0.2) is 43.3 Å². The van der Waals surface area contributed by atoms with Crippen LogP contribution >= 0.6 is 0 Å². The Kier molecular flexibility index (Phi) is 2.34. The van der Waals surface area contributed by atoms with Crippen molar-refractivity contribution in [3.8, 4) is 0 Å². The lowest BCUT2D eigenvalue weighted by molar-refractivity contribution is -0.0811. The third kappa shape index (κ3) is 1.49. The molecular weight excluding hydrogens is 164 g/mol. The molecule has 0 aliphatic heterocycles. The zero-order chi connectivity index (χ0) is 9.47. The molecule has 76 valence electrons. The van der Waals surface area contributed by atoms with E-state index in [2.05, 4.69) is 11.9 Å². The summed E-state index contributed by atoms with van der Waals surface area (Å²) in [5.41, 5.74) is 6.12. The van der Waals surface area contributed by atoms with Crippen LogP contribution in [0.1, 0.15) is 25.7 Å². The predicted octanol–water partition coefficient (Wildman–Crippen LogP) is 0.587. The number of rotatable bonds is 4. The fraction of sp³-hybridized carbons (Fsp3) is 1.00. The molecule has 0 aromatic rings. The number of ether oxygens (including phenoxy) is 1. The zero-order valence-electron chi connectivity index (χ0n) is 8.62. The summed E-state index contributed by atoms with van der Waals surface area (Å²) < 4.78 is 5.31. The van der Waals surface area contributed by atoms with E-state index in [1.807, 2.05) is 0 Å². The quantitative estimate of drug-likeness (QED) is 0.695. The van der Waals surface area contributed by atoms with E-state index in [1.54, 1.807) is 7.11 Å². The molecule has 0 radical (unpaired) electrons. The van der Waals surface area contributed by atoms with Crippen LogP contribution in [0.15, 0.2) is 0 Å². The number of hydrogen-bond acceptors (Lipinski definition) is 3. The largest absolute Gasteiger partial charge is 0.381 e. The normalized spacial score (nSPS) is 39.2. The Labute approximate surface area is 80.2 Å². The second kappa shape index (κ2) is 3.23. The summed E-state index contributed by atoms with van der Waals surface area (Å²) in [5, 5.41) is 0. The molecule has 0 atom stereocenters. The summed E-state index contributed by atoms with van der Waals surface area (Å²) in [5.74, 6) is 0. The molecule has 2 rings (SSSR count). The van der Waals surface area contributed by atoms with Crippen LogP contribution in [-0.2, 0) is 4.74 Å². The summed E-state index contributed by atoms with van der Waals surface area (Å²) >= 11 is 0. The number of hydrogen-bond donors (Lipinski definition) is 1. The summed E-state index contributed by atoms with van der Waals surface area (Å²) in [4.78, 5) is 2.49. The fourth-order valence-electron chi connectivity index (χ4n) is 2.40. The zero-order valence-corrected chi connectivity index (χ0v) is 8.62. The maximum atomic E-state index is 5.85. The molecule has 2 N–H and O–H groups in total. The van der Waals surface area contributed by atoms with Crippen molar-refractivity contribution in [1.82, 2.24) is 4.90 Å². The van der Waals surface area contributed by atoms with Gasteiger partial charge in [0.1, 0.15) is 0 Å². The van der Waals surface area contributed by atoms with Gasteiger partial charge in [0.2, 0.25) is 0 Å². The topological polar surface area (TPSA) is 38.5 Å². The van der Waals surface area contributed by atoms with E-state index in [0.29, 0.717) is 6.10 Å². The standard InChI is InChI=1S/C10H20N2O/c1-12(8-3-4-8)10(7-11)5-9(6-10)13-2/h8-9H,3-7,11H2,1-2H3. The van der Waals surface area contributed by atoms with Crippen molar-refractivity contribution in [2.75, 3.05) is 20.7 Å². The van der Waals surface area contributed by atoms with Crippen molar-refractivity contribution in [2.45, 2.75) is 43.4 Å². The number of nitrogens with two attached hydrogens (primary N) is 1. The molecule has 3 heteroatoms. The van der Waals surface area contributed by atoms with Crippen molar-refractivity contribution < 1.29 is 4.74 Å². The van der Waals surface area contributed by atoms with Crippen molar-refractivity contribution >= 4 is 0 Å². The number of likely N-dealkylation sites (N-methyl/N-ethyl adjacent to an activating group) is 1. The van der Waals surface area contributed by atoms with E-state index in [0.717, 1.165) is 25.4 Å². The molecule has 0 amide bonds. The Morgan fingerprint density at radius 3 is 2.46 bits per heavy atom. The molecule has 0 spiro atoms. The number of methoxy groups -OCH3 is 1. The van der Waals surface area contributed by atoms with Crippen LogP contribution in [0.4, 0.5) is 0 Å². The minimum Gasteiger partial charge on any atom is -0.381 e. The molecule has 0 aromatic carbocycles. The van der Waals surface area contributed by atoms with E-state index in [4.69, 9.17) is 10.5 Å². The molecular formula is C10H20N2O. The Morgan fingerprint density at radius 2 is 2.08 bits per heavy atom. The lowest BCUT2D eigenvalue weighted by Crippen LogP contribution is -2.63. The first-order chi connectivity index (χ1) is 6.22. The van der Waals surface area contributed by atoms with Crippen molar-refractivity contribution in [3.63, 3.8) is 0 Å². The van der Waals surface area contributed by atoms with Gasteiger partial charge in [-0.25, -0.2) is 0 Å². The molecule has 3 nitrogen and oxygen atoms in total. The van der Waals surface area contributed by atoms with Gasteiger partial charge in [-0.1, -0.05) is 0 Å².